The lowest BCUT2D eigenvalue weighted by atomic mass is 9.98. The molecule has 1 aliphatic rings. The summed E-state index contributed by atoms with van der Waals surface area (Å²) in [6.07, 6.45) is 1.94. The van der Waals surface area contributed by atoms with Crippen LogP contribution in [0.4, 0.5) is 0 Å². The highest BCUT2D eigenvalue weighted by Crippen LogP contribution is 2.23. The average Bonchev–Trinajstić information content (AvgIpc) is 2.79. The topological polar surface area (TPSA) is 95.6 Å². The summed E-state index contributed by atoms with van der Waals surface area (Å²) in [4.78, 5) is 24.3. The minimum Gasteiger partial charge on any atom is -0.356 e. The standard InChI is InChI=1S/C23H29N3O4S/c27-22(11-14-24-23(28)17-19-7-3-1-4-8-19)25-18-20-12-15-26(16-13-20)31(29,30)21-9-5-2-6-10-21/h1-10,20H,11-18H2,(H,24,28)(H,25,27). The van der Waals surface area contributed by atoms with Gasteiger partial charge in [0.1, 0.15) is 0 Å². The third-order valence-corrected chi connectivity index (χ3v) is 7.34. The number of hydrogen-bond donors (Lipinski definition) is 2. The van der Waals surface area contributed by atoms with E-state index in [0.29, 0.717) is 50.3 Å². The number of piperidine rings is 1. The largest absolute Gasteiger partial charge is 0.356 e. The lowest BCUT2D eigenvalue weighted by molar-refractivity contribution is -0.122. The van der Waals surface area contributed by atoms with Gasteiger partial charge in [-0.25, -0.2) is 8.42 Å². The zero-order valence-electron chi connectivity index (χ0n) is 17.5. The molecule has 2 amide bonds. The Balaban J connectivity index is 1.32. The van der Waals surface area contributed by atoms with Gasteiger partial charge in [0.25, 0.3) is 0 Å². The van der Waals surface area contributed by atoms with Gasteiger partial charge in [0.2, 0.25) is 21.8 Å². The third kappa shape index (κ3) is 6.90. The summed E-state index contributed by atoms with van der Waals surface area (Å²) in [5.41, 5.74) is 0.935. The molecule has 0 saturated carbocycles. The van der Waals surface area contributed by atoms with Crippen LogP contribution in [0.25, 0.3) is 0 Å². The summed E-state index contributed by atoms with van der Waals surface area (Å²) in [7, 11) is -3.45. The molecule has 0 atom stereocenters. The molecule has 8 heteroatoms. The molecule has 0 radical (unpaired) electrons. The van der Waals surface area contributed by atoms with Crippen LogP contribution in [0.3, 0.4) is 0 Å². The second-order valence-electron chi connectivity index (χ2n) is 7.73. The van der Waals surface area contributed by atoms with Gasteiger partial charge in [-0.15, -0.1) is 0 Å². The van der Waals surface area contributed by atoms with Gasteiger partial charge in [-0.05, 0) is 36.5 Å². The van der Waals surface area contributed by atoms with Crippen LogP contribution in [0.15, 0.2) is 65.6 Å². The predicted molar refractivity (Wildman–Crippen MR) is 119 cm³/mol. The Morgan fingerprint density at radius 1 is 0.871 bits per heavy atom. The van der Waals surface area contributed by atoms with Gasteiger partial charge in [-0.2, -0.15) is 4.31 Å². The molecule has 1 aliphatic heterocycles. The van der Waals surface area contributed by atoms with Crippen molar-refractivity contribution in [3.05, 3.63) is 66.2 Å². The van der Waals surface area contributed by atoms with E-state index < -0.39 is 10.0 Å². The van der Waals surface area contributed by atoms with Crippen LogP contribution < -0.4 is 10.6 Å². The molecule has 7 nitrogen and oxygen atoms in total. The van der Waals surface area contributed by atoms with Crippen molar-refractivity contribution in [1.82, 2.24) is 14.9 Å². The van der Waals surface area contributed by atoms with Crippen LogP contribution in [-0.2, 0) is 26.0 Å². The first-order valence-electron chi connectivity index (χ1n) is 10.6. The molecule has 1 saturated heterocycles. The fourth-order valence-corrected chi connectivity index (χ4v) is 5.09. The second kappa shape index (κ2) is 11.1. The number of amides is 2. The number of sulfonamides is 1. The molecular formula is C23H29N3O4S. The average molecular weight is 444 g/mol. The maximum atomic E-state index is 12.7. The van der Waals surface area contributed by atoms with Crippen molar-refractivity contribution in [3.8, 4) is 0 Å². The molecule has 31 heavy (non-hydrogen) atoms. The van der Waals surface area contributed by atoms with Gasteiger partial charge in [0.15, 0.2) is 0 Å². The SMILES string of the molecule is O=C(CCNC(=O)Cc1ccccc1)NCC1CCN(S(=O)(=O)c2ccccc2)CC1. The number of rotatable bonds is 9. The molecular weight excluding hydrogens is 414 g/mol. The molecule has 0 bridgehead atoms. The van der Waals surface area contributed by atoms with E-state index >= 15 is 0 Å². The first kappa shape index (κ1) is 23.0. The van der Waals surface area contributed by atoms with Gasteiger partial charge in [-0.1, -0.05) is 48.5 Å². The molecule has 0 spiro atoms. The quantitative estimate of drug-likeness (QED) is 0.619. The molecule has 1 fully saturated rings. The van der Waals surface area contributed by atoms with E-state index in [1.54, 1.807) is 30.3 Å². The van der Waals surface area contributed by atoms with Crippen LogP contribution in [0.2, 0.25) is 0 Å². The summed E-state index contributed by atoms with van der Waals surface area (Å²) in [6.45, 7) is 1.72. The molecule has 2 aromatic carbocycles. The normalized spacial score (nSPS) is 15.4. The lowest BCUT2D eigenvalue weighted by Gasteiger charge is -2.31. The Morgan fingerprint density at radius 3 is 2.13 bits per heavy atom. The number of hydrogen-bond acceptors (Lipinski definition) is 4. The first-order chi connectivity index (χ1) is 14.9. The summed E-state index contributed by atoms with van der Waals surface area (Å²) >= 11 is 0. The first-order valence-corrected chi connectivity index (χ1v) is 12.0. The zero-order valence-corrected chi connectivity index (χ0v) is 18.3. The summed E-state index contributed by atoms with van der Waals surface area (Å²) in [6, 6.07) is 17.9. The Hall–Kier alpha value is -2.71. The molecule has 2 N–H and O–H groups in total. The van der Waals surface area contributed by atoms with Crippen LogP contribution in [0.5, 0.6) is 0 Å². The van der Waals surface area contributed by atoms with Crippen molar-refractivity contribution in [2.75, 3.05) is 26.2 Å². The van der Waals surface area contributed by atoms with E-state index in [1.807, 2.05) is 30.3 Å². The van der Waals surface area contributed by atoms with Gasteiger partial charge < -0.3 is 10.6 Å². The van der Waals surface area contributed by atoms with E-state index in [0.717, 1.165) is 5.56 Å². The lowest BCUT2D eigenvalue weighted by Crippen LogP contribution is -2.41. The highest BCUT2D eigenvalue weighted by Gasteiger charge is 2.29. The Kier molecular flexibility index (Phi) is 8.20. The van der Waals surface area contributed by atoms with Crippen LogP contribution >= 0.6 is 0 Å². The van der Waals surface area contributed by atoms with E-state index in [-0.39, 0.29) is 24.2 Å². The van der Waals surface area contributed by atoms with E-state index in [1.165, 1.54) is 4.31 Å². The number of benzene rings is 2. The molecule has 2 aromatic rings. The summed E-state index contributed by atoms with van der Waals surface area (Å²) in [5, 5.41) is 5.67. The van der Waals surface area contributed by atoms with Gasteiger partial charge in [0, 0.05) is 32.6 Å². The number of nitrogens with zero attached hydrogens (tertiary/aromatic N) is 1. The highest BCUT2D eigenvalue weighted by atomic mass is 32.2. The number of nitrogens with one attached hydrogen (secondary N) is 2. The maximum absolute atomic E-state index is 12.7. The molecule has 0 unspecified atom stereocenters. The van der Waals surface area contributed by atoms with E-state index in [2.05, 4.69) is 10.6 Å². The van der Waals surface area contributed by atoms with Crippen LogP contribution in [0, 0.1) is 5.92 Å². The molecule has 0 aliphatic carbocycles. The minimum atomic E-state index is -3.45. The molecule has 1 heterocycles. The van der Waals surface area contributed by atoms with Crippen molar-refractivity contribution in [2.24, 2.45) is 5.92 Å². The third-order valence-electron chi connectivity index (χ3n) is 5.42. The van der Waals surface area contributed by atoms with Crippen LogP contribution in [0.1, 0.15) is 24.8 Å². The second-order valence-corrected chi connectivity index (χ2v) is 9.66. The van der Waals surface area contributed by atoms with Crippen molar-refractivity contribution >= 4 is 21.8 Å². The Labute approximate surface area is 183 Å². The zero-order chi connectivity index (χ0) is 22.1. The fourth-order valence-electron chi connectivity index (χ4n) is 3.60. The number of carbonyl (C=O) groups is 2. The smallest absolute Gasteiger partial charge is 0.243 e. The summed E-state index contributed by atoms with van der Waals surface area (Å²) in [5.74, 6) is 0.0317. The molecule has 166 valence electrons. The highest BCUT2D eigenvalue weighted by molar-refractivity contribution is 7.89. The van der Waals surface area contributed by atoms with Crippen molar-refractivity contribution in [2.45, 2.75) is 30.6 Å². The van der Waals surface area contributed by atoms with Crippen molar-refractivity contribution in [1.29, 1.82) is 0 Å². The van der Waals surface area contributed by atoms with Gasteiger partial charge >= 0.3 is 0 Å². The Bertz CT molecular complexity index is 957. The van der Waals surface area contributed by atoms with Crippen LogP contribution in [-0.4, -0.2) is 50.7 Å². The van der Waals surface area contributed by atoms with E-state index in [4.69, 9.17) is 0 Å². The van der Waals surface area contributed by atoms with E-state index in [9.17, 15) is 18.0 Å². The predicted octanol–water partition coefficient (Wildman–Crippen LogP) is 1.95. The monoisotopic (exact) mass is 443 g/mol. The van der Waals surface area contributed by atoms with Crippen molar-refractivity contribution in [3.63, 3.8) is 0 Å². The molecule has 3 rings (SSSR count). The maximum Gasteiger partial charge on any atom is 0.243 e. The van der Waals surface area contributed by atoms with Crippen molar-refractivity contribution < 1.29 is 18.0 Å². The minimum absolute atomic E-state index is 0.106. The molecule has 0 aromatic heterocycles. The fraction of sp³-hybridized carbons (Fsp3) is 0.391. The van der Waals surface area contributed by atoms with Gasteiger partial charge in [0.05, 0.1) is 11.3 Å². The summed E-state index contributed by atoms with van der Waals surface area (Å²) < 4.78 is 26.9. The number of carbonyl (C=O) groups excluding carboxylic acids is 2. The van der Waals surface area contributed by atoms with Gasteiger partial charge in [-0.3, -0.25) is 9.59 Å². The Morgan fingerprint density at radius 2 is 1.48 bits per heavy atom.